The average Bonchev–Trinajstić information content (AvgIpc) is 3.29. The van der Waals surface area contributed by atoms with Crippen molar-refractivity contribution in [3.05, 3.63) is 35.5 Å². The van der Waals surface area contributed by atoms with Crippen molar-refractivity contribution >= 4 is 11.9 Å². The Morgan fingerprint density at radius 1 is 1.31 bits per heavy atom. The van der Waals surface area contributed by atoms with Crippen LogP contribution in [-0.2, 0) is 23.8 Å². The molecular weight excluding hydrogens is 376 g/mol. The summed E-state index contributed by atoms with van der Waals surface area (Å²) in [5.74, 6) is -1.29. The van der Waals surface area contributed by atoms with Gasteiger partial charge in [-0.1, -0.05) is 18.7 Å². The van der Waals surface area contributed by atoms with Crippen molar-refractivity contribution in [1.29, 1.82) is 0 Å². The fourth-order valence-electron chi connectivity index (χ4n) is 4.12. The lowest BCUT2D eigenvalue weighted by Crippen LogP contribution is -2.34. The maximum absolute atomic E-state index is 12.1. The standard InChI is InChI=1S/C22H30O7/c1-12-6-5-9-22(11-27-15(4)23)18(29-22)10-16-14(3)21(26)28-20(16)19(25)13(2)7-8-17(12)24/h6-7,16-20,24-25H,3,5,8-11H2,1-2,4H3/b12-6+,13-7+/t16-,17+,18-,19-,20-,22+/m1/s1. The number of allylic oxidation sites excluding steroid dienone is 1. The molecule has 29 heavy (non-hydrogen) atoms. The number of epoxide rings is 1. The quantitative estimate of drug-likeness (QED) is 0.313. The van der Waals surface area contributed by atoms with Gasteiger partial charge < -0.3 is 24.4 Å². The van der Waals surface area contributed by atoms with E-state index in [1.54, 1.807) is 13.0 Å². The highest BCUT2D eigenvalue weighted by molar-refractivity contribution is 5.91. The first-order valence-corrected chi connectivity index (χ1v) is 10.0. The van der Waals surface area contributed by atoms with Crippen LogP contribution >= 0.6 is 0 Å². The molecule has 0 bridgehead atoms. The number of carbonyl (C=O) groups is 2. The molecule has 2 heterocycles. The molecule has 2 aliphatic heterocycles. The molecule has 160 valence electrons. The zero-order valence-electron chi connectivity index (χ0n) is 17.2. The molecule has 0 aromatic rings. The summed E-state index contributed by atoms with van der Waals surface area (Å²) in [5.41, 5.74) is 1.15. The van der Waals surface area contributed by atoms with Gasteiger partial charge in [0.1, 0.15) is 24.4 Å². The SMILES string of the molecule is C=C1C(=O)O[C@@H]2[C@@H]1C[C@H]1O[C@]1(COC(C)=O)CC/C=C(\C)[C@@H](O)C/C=C(\C)[C@H]2O. The van der Waals surface area contributed by atoms with Gasteiger partial charge in [-0.05, 0) is 50.7 Å². The lowest BCUT2D eigenvalue weighted by Gasteiger charge is -2.24. The molecule has 0 radical (unpaired) electrons. The van der Waals surface area contributed by atoms with E-state index >= 15 is 0 Å². The number of fused-ring (bicyclic) bond motifs is 2. The van der Waals surface area contributed by atoms with Crippen molar-refractivity contribution in [2.24, 2.45) is 5.92 Å². The molecule has 0 unspecified atom stereocenters. The molecule has 2 saturated heterocycles. The molecule has 6 atom stereocenters. The van der Waals surface area contributed by atoms with Gasteiger partial charge in [-0.2, -0.15) is 0 Å². The minimum Gasteiger partial charge on any atom is -0.463 e. The fourth-order valence-corrected chi connectivity index (χ4v) is 4.12. The van der Waals surface area contributed by atoms with Crippen LogP contribution in [0.5, 0.6) is 0 Å². The van der Waals surface area contributed by atoms with Crippen LogP contribution in [0.25, 0.3) is 0 Å². The second kappa shape index (κ2) is 8.42. The van der Waals surface area contributed by atoms with E-state index in [0.29, 0.717) is 36.8 Å². The lowest BCUT2D eigenvalue weighted by atomic mass is 9.83. The summed E-state index contributed by atoms with van der Waals surface area (Å²) in [5, 5.41) is 21.2. The van der Waals surface area contributed by atoms with Gasteiger partial charge >= 0.3 is 11.9 Å². The summed E-state index contributed by atoms with van der Waals surface area (Å²) in [6.45, 7) is 8.95. The van der Waals surface area contributed by atoms with Crippen molar-refractivity contribution in [1.82, 2.24) is 0 Å². The van der Waals surface area contributed by atoms with Crippen molar-refractivity contribution in [2.75, 3.05) is 6.61 Å². The van der Waals surface area contributed by atoms with Gasteiger partial charge in [-0.25, -0.2) is 4.79 Å². The minimum atomic E-state index is -0.996. The number of rotatable bonds is 2. The fraction of sp³-hybridized carbons (Fsp3) is 0.636. The van der Waals surface area contributed by atoms with E-state index in [1.165, 1.54) is 6.92 Å². The van der Waals surface area contributed by atoms with Crippen LogP contribution < -0.4 is 0 Å². The molecule has 0 aromatic heterocycles. The largest absolute Gasteiger partial charge is 0.463 e. The van der Waals surface area contributed by atoms with E-state index in [2.05, 4.69) is 6.58 Å². The number of hydrogen-bond acceptors (Lipinski definition) is 7. The van der Waals surface area contributed by atoms with Crippen molar-refractivity contribution < 1.29 is 34.0 Å². The monoisotopic (exact) mass is 406 g/mol. The first kappa shape index (κ1) is 21.7. The van der Waals surface area contributed by atoms with Gasteiger partial charge in [0.2, 0.25) is 0 Å². The zero-order chi connectivity index (χ0) is 21.3. The Morgan fingerprint density at radius 3 is 2.72 bits per heavy atom. The molecule has 1 aliphatic carbocycles. The Balaban J connectivity index is 1.88. The van der Waals surface area contributed by atoms with Gasteiger partial charge in [0, 0.05) is 18.4 Å². The highest BCUT2D eigenvalue weighted by Gasteiger charge is 2.59. The van der Waals surface area contributed by atoms with E-state index in [1.807, 2.05) is 13.0 Å². The first-order chi connectivity index (χ1) is 13.6. The molecule has 3 rings (SSSR count). The molecule has 7 nitrogen and oxygen atoms in total. The van der Waals surface area contributed by atoms with Crippen LogP contribution in [-0.4, -0.2) is 58.8 Å². The smallest absolute Gasteiger partial charge is 0.334 e. The predicted octanol–water partition coefficient (Wildman–Crippen LogP) is 1.97. The van der Waals surface area contributed by atoms with Crippen molar-refractivity contribution in [3.8, 4) is 0 Å². The lowest BCUT2D eigenvalue weighted by molar-refractivity contribution is -0.143. The predicted molar refractivity (Wildman–Crippen MR) is 105 cm³/mol. The third-order valence-corrected chi connectivity index (χ3v) is 6.24. The topological polar surface area (TPSA) is 106 Å². The molecule has 0 aromatic carbocycles. The third kappa shape index (κ3) is 4.63. The molecule has 0 saturated carbocycles. The Kier molecular flexibility index (Phi) is 6.31. The Hall–Kier alpha value is -1.96. The molecule has 2 N–H and O–H groups in total. The summed E-state index contributed by atoms with van der Waals surface area (Å²) >= 11 is 0. The second-order valence-corrected chi connectivity index (χ2v) is 8.32. The molecule has 0 spiro atoms. The van der Waals surface area contributed by atoms with Crippen LogP contribution in [0.2, 0.25) is 0 Å². The Labute approximate surface area is 171 Å². The number of aliphatic hydroxyl groups is 2. The number of ether oxygens (including phenoxy) is 3. The highest BCUT2D eigenvalue weighted by Crippen LogP contribution is 2.48. The van der Waals surface area contributed by atoms with E-state index in [4.69, 9.17) is 14.2 Å². The van der Waals surface area contributed by atoms with Gasteiger partial charge in [-0.3, -0.25) is 4.79 Å². The molecule has 2 fully saturated rings. The number of esters is 2. The first-order valence-electron chi connectivity index (χ1n) is 10.0. The van der Waals surface area contributed by atoms with E-state index < -0.39 is 35.8 Å². The number of aliphatic hydroxyl groups excluding tert-OH is 2. The maximum Gasteiger partial charge on any atom is 0.334 e. The number of carbonyl (C=O) groups excluding carboxylic acids is 2. The van der Waals surface area contributed by atoms with Crippen LogP contribution in [0.3, 0.4) is 0 Å². The molecule has 0 amide bonds. The van der Waals surface area contributed by atoms with E-state index in [9.17, 15) is 19.8 Å². The van der Waals surface area contributed by atoms with Crippen LogP contribution in [0, 0.1) is 5.92 Å². The molecule has 7 heteroatoms. The summed E-state index contributed by atoms with van der Waals surface area (Å²) in [7, 11) is 0. The van der Waals surface area contributed by atoms with Gasteiger partial charge in [0.15, 0.2) is 0 Å². The Bertz CT molecular complexity index is 752. The summed E-state index contributed by atoms with van der Waals surface area (Å²) in [6.07, 6.45) is 3.18. The van der Waals surface area contributed by atoms with Crippen molar-refractivity contribution in [2.45, 2.75) is 76.5 Å². The Morgan fingerprint density at radius 2 is 2.03 bits per heavy atom. The van der Waals surface area contributed by atoms with Gasteiger partial charge in [0.25, 0.3) is 0 Å². The summed E-state index contributed by atoms with van der Waals surface area (Å²) < 4.78 is 16.6. The number of hydrogen-bond donors (Lipinski definition) is 2. The highest BCUT2D eigenvalue weighted by atomic mass is 16.6. The van der Waals surface area contributed by atoms with Crippen LogP contribution in [0.15, 0.2) is 35.5 Å². The zero-order valence-corrected chi connectivity index (χ0v) is 17.2. The maximum atomic E-state index is 12.1. The average molecular weight is 406 g/mol. The molecular formula is C22H30O7. The summed E-state index contributed by atoms with van der Waals surface area (Å²) in [6, 6.07) is 0. The van der Waals surface area contributed by atoms with Crippen LogP contribution in [0.4, 0.5) is 0 Å². The van der Waals surface area contributed by atoms with E-state index in [0.717, 1.165) is 5.57 Å². The van der Waals surface area contributed by atoms with Gasteiger partial charge in [0.05, 0.1) is 12.2 Å². The van der Waals surface area contributed by atoms with Crippen molar-refractivity contribution in [3.63, 3.8) is 0 Å². The normalized spacial score (nSPS) is 41.6. The van der Waals surface area contributed by atoms with Gasteiger partial charge in [-0.15, -0.1) is 0 Å². The third-order valence-electron chi connectivity index (χ3n) is 6.24. The second-order valence-electron chi connectivity index (χ2n) is 8.32. The minimum absolute atomic E-state index is 0.128. The molecule has 3 aliphatic rings. The van der Waals surface area contributed by atoms with E-state index in [-0.39, 0.29) is 18.7 Å². The summed E-state index contributed by atoms with van der Waals surface area (Å²) in [4.78, 5) is 23.5. The van der Waals surface area contributed by atoms with Crippen LogP contribution in [0.1, 0.15) is 46.5 Å².